The average molecular weight is 342 g/mol. The molecule has 1 aliphatic heterocycles. The summed E-state index contributed by atoms with van der Waals surface area (Å²) in [6.07, 6.45) is 5.44. The molecule has 7 heteroatoms. The number of hydrogen-bond donors (Lipinski definition) is 1. The highest BCUT2D eigenvalue weighted by Gasteiger charge is 2.31. The molecule has 2 N–H and O–H groups in total. The predicted molar refractivity (Wildman–Crippen MR) is 90.3 cm³/mol. The number of benzene rings is 1. The fraction of sp³-hybridized carbons (Fsp3) is 0.500. The Morgan fingerprint density at radius 2 is 1.96 bits per heavy atom. The number of aromatic nitrogens is 3. The average Bonchev–Trinajstić information content (AvgIpc) is 3.05. The van der Waals surface area contributed by atoms with Crippen molar-refractivity contribution >= 4 is 5.91 Å². The van der Waals surface area contributed by atoms with E-state index in [-0.39, 0.29) is 12.5 Å². The van der Waals surface area contributed by atoms with Gasteiger partial charge in [-0.3, -0.25) is 4.79 Å². The van der Waals surface area contributed by atoms with Crippen LogP contribution in [0, 0.1) is 0 Å². The Bertz CT molecular complexity index is 767. The highest BCUT2D eigenvalue weighted by atomic mass is 16.6. The molecule has 1 aromatic heterocycles. The van der Waals surface area contributed by atoms with Gasteiger partial charge in [0.25, 0.3) is 0 Å². The molecule has 1 amide bonds. The number of para-hydroxylation sites is 2. The van der Waals surface area contributed by atoms with Crippen molar-refractivity contribution in [1.29, 1.82) is 0 Å². The molecule has 1 saturated carbocycles. The van der Waals surface area contributed by atoms with E-state index in [1.807, 2.05) is 28.9 Å². The molecule has 25 heavy (non-hydrogen) atoms. The number of nitrogens with two attached hydrogens (primary N) is 1. The van der Waals surface area contributed by atoms with Crippen LogP contribution in [0.4, 0.5) is 0 Å². The van der Waals surface area contributed by atoms with Crippen molar-refractivity contribution in [1.82, 2.24) is 14.8 Å². The molecular formula is C18H22N4O3. The summed E-state index contributed by atoms with van der Waals surface area (Å²) in [5.74, 6) is 2.18. The quantitative estimate of drug-likeness (QED) is 0.920. The van der Waals surface area contributed by atoms with Gasteiger partial charge >= 0.3 is 0 Å². The minimum Gasteiger partial charge on any atom is -0.485 e. The number of ether oxygens (including phenoxy) is 2. The Morgan fingerprint density at radius 3 is 2.72 bits per heavy atom. The minimum atomic E-state index is -0.432. The van der Waals surface area contributed by atoms with Gasteiger partial charge in [-0.1, -0.05) is 31.4 Å². The first-order chi connectivity index (χ1) is 12.2. The van der Waals surface area contributed by atoms with Crippen molar-refractivity contribution in [2.45, 2.75) is 50.7 Å². The smallest absolute Gasteiger partial charge is 0.225 e. The molecule has 0 spiro atoms. The minimum absolute atomic E-state index is 0.0386. The number of carbonyl (C=O) groups is 1. The predicted octanol–water partition coefficient (Wildman–Crippen LogP) is 2.32. The number of fused-ring (bicyclic) bond motifs is 1. The zero-order chi connectivity index (χ0) is 17.2. The Morgan fingerprint density at radius 1 is 1.20 bits per heavy atom. The molecule has 2 heterocycles. The molecule has 132 valence electrons. The summed E-state index contributed by atoms with van der Waals surface area (Å²) in [6, 6.07) is 7.88. The molecule has 1 aliphatic carbocycles. The molecule has 0 bridgehead atoms. The monoisotopic (exact) mass is 342 g/mol. The highest BCUT2D eigenvalue weighted by Crippen LogP contribution is 2.37. The normalized spacial score (nSPS) is 20.4. The van der Waals surface area contributed by atoms with E-state index in [1.165, 1.54) is 19.3 Å². The van der Waals surface area contributed by atoms with Crippen LogP contribution in [0.25, 0.3) is 0 Å². The van der Waals surface area contributed by atoms with E-state index < -0.39 is 5.91 Å². The van der Waals surface area contributed by atoms with Crippen LogP contribution in [-0.4, -0.2) is 27.3 Å². The lowest BCUT2D eigenvalue weighted by atomic mass is 9.95. The maximum absolute atomic E-state index is 11.3. The maximum atomic E-state index is 11.3. The van der Waals surface area contributed by atoms with Gasteiger partial charge in [-0.2, -0.15) is 5.10 Å². The molecule has 2 aliphatic rings. The second-order valence-corrected chi connectivity index (χ2v) is 6.63. The van der Waals surface area contributed by atoms with E-state index in [0.717, 1.165) is 24.4 Å². The Balaban J connectivity index is 1.65. The summed E-state index contributed by atoms with van der Waals surface area (Å²) in [7, 11) is 0. The van der Waals surface area contributed by atoms with Gasteiger partial charge in [-0.05, 0) is 25.0 Å². The van der Waals surface area contributed by atoms with Crippen LogP contribution in [0.15, 0.2) is 24.3 Å². The van der Waals surface area contributed by atoms with Crippen LogP contribution in [0.2, 0.25) is 0 Å². The van der Waals surface area contributed by atoms with Crippen molar-refractivity contribution in [2.75, 3.05) is 6.61 Å². The zero-order valence-corrected chi connectivity index (χ0v) is 14.1. The number of amides is 1. The van der Waals surface area contributed by atoms with Gasteiger partial charge in [-0.25, -0.2) is 9.67 Å². The fourth-order valence-electron chi connectivity index (χ4n) is 3.57. The summed E-state index contributed by atoms with van der Waals surface area (Å²) >= 11 is 0. The summed E-state index contributed by atoms with van der Waals surface area (Å²) in [4.78, 5) is 15.9. The summed E-state index contributed by atoms with van der Waals surface area (Å²) in [6.45, 7) is 0.373. The van der Waals surface area contributed by atoms with Crippen molar-refractivity contribution in [3.05, 3.63) is 35.9 Å². The van der Waals surface area contributed by atoms with Gasteiger partial charge in [0.05, 0.1) is 12.5 Å². The van der Waals surface area contributed by atoms with Gasteiger partial charge < -0.3 is 15.2 Å². The SMILES string of the molecule is NC(=O)Cc1nc([C@H]2COc3ccccc3O2)n(C2CCCCC2)n1. The first kappa shape index (κ1) is 15.9. The van der Waals surface area contributed by atoms with E-state index >= 15 is 0 Å². The lowest BCUT2D eigenvalue weighted by molar-refractivity contribution is -0.117. The third-order valence-electron chi connectivity index (χ3n) is 4.75. The van der Waals surface area contributed by atoms with Gasteiger partial charge in [0.15, 0.2) is 29.3 Å². The standard InChI is InChI=1S/C18H22N4O3/c19-16(23)10-17-20-18(22(21-17)12-6-2-1-3-7-12)15-11-24-13-8-4-5-9-14(13)25-15/h4-5,8-9,12,15H,1-3,6-7,10-11H2,(H2,19,23)/t15-/m1/s1. The summed E-state index contributed by atoms with van der Waals surface area (Å²) in [5.41, 5.74) is 5.32. The molecule has 0 unspecified atom stereocenters. The van der Waals surface area contributed by atoms with Crippen molar-refractivity contribution in [2.24, 2.45) is 5.73 Å². The van der Waals surface area contributed by atoms with Crippen molar-refractivity contribution in [3.8, 4) is 11.5 Å². The third kappa shape index (κ3) is 3.31. The summed E-state index contributed by atoms with van der Waals surface area (Å²) < 4.78 is 13.9. The maximum Gasteiger partial charge on any atom is 0.225 e. The van der Waals surface area contributed by atoms with Crippen LogP contribution in [0.3, 0.4) is 0 Å². The van der Waals surface area contributed by atoms with Gasteiger partial charge in [-0.15, -0.1) is 0 Å². The molecule has 1 fully saturated rings. The molecule has 2 aromatic rings. The molecule has 0 radical (unpaired) electrons. The van der Waals surface area contributed by atoms with Crippen LogP contribution in [0.1, 0.15) is 55.9 Å². The molecule has 1 atom stereocenters. The molecule has 0 saturated heterocycles. The first-order valence-corrected chi connectivity index (χ1v) is 8.83. The molecule has 4 rings (SSSR count). The number of hydrogen-bond acceptors (Lipinski definition) is 5. The largest absolute Gasteiger partial charge is 0.485 e. The van der Waals surface area contributed by atoms with Gasteiger partial charge in [0.1, 0.15) is 6.61 Å². The molecule has 1 aromatic carbocycles. The van der Waals surface area contributed by atoms with Gasteiger partial charge in [0.2, 0.25) is 5.91 Å². The number of primary amides is 1. The fourth-order valence-corrected chi connectivity index (χ4v) is 3.57. The lowest BCUT2D eigenvalue weighted by Crippen LogP contribution is -2.27. The van der Waals surface area contributed by atoms with Crippen LogP contribution in [0.5, 0.6) is 11.5 Å². The Hall–Kier alpha value is -2.57. The third-order valence-corrected chi connectivity index (χ3v) is 4.75. The second kappa shape index (κ2) is 6.74. The van der Waals surface area contributed by atoms with E-state index in [2.05, 4.69) is 10.1 Å². The van der Waals surface area contributed by atoms with Crippen LogP contribution >= 0.6 is 0 Å². The zero-order valence-electron chi connectivity index (χ0n) is 14.1. The van der Waals surface area contributed by atoms with Crippen molar-refractivity contribution in [3.63, 3.8) is 0 Å². The van der Waals surface area contributed by atoms with Crippen LogP contribution < -0.4 is 15.2 Å². The highest BCUT2D eigenvalue weighted by molar-refractivity contribution is 5.75. The number of carbonyl (C=O) groups excluding carboxylic acids is 1. The van der Waals surface area contributed by atoms with E-state index in [4.69, 9.17) is 15.2 Å². The lowest BCUT2D eigenvalue weighted by Gasteiger charge is -2.28. The number of rotatable bonds is 4. The topological polar surface area (TPSA) is 92.3 Å². The van der Waals surface area contributed by atoms with Gasteiger partial charge in [0, 0.05) is 0 Å². The summed E-state index contributed by atoms with van der Waals surface area (Å²) in [5, 5.41) is 4.57. The Kier molecular flexibility index (Phi) is 4.29. The van der Waals surface area contributed by atoms with E-state index in [0.29, 0.717) is 24.2 Å². The Labute approximate surface area is 146 Å². The van der Waals surface area contributed by atoms with E-state index in [9.17, 15) is 4.79 Å². The molecular weight excluding hydrogens is 320 g/mol. The second-order valence-electron chi connectivity index (χ2n) is 6.63. The first-order valence-electron chi connectivity index (χ1n) is 8.83. The van der Waals surface area contributed by atoms with E-state index in [1.54, 1.807) is 0 Å². The van der Waals surface area contributed by atoms with Crippen molar-refractivity contribution < 1.29 is 14.3 Å². The molecule has 7 nitrogen and oxygen atoms in total. The van der Waals surface area contributed by atoms with Crippen LogP contribution in [-0.2, 0) is 11.2 Å². The number of nitrogens with zero attached hydrogens (tertiary/aromatic N) is 3.